The molecule has 0 radical (unpaired) electrons. The van der Waals surface area contributed by atoms with Gasteiger partial charge in [0.15, 0.2) is 11.5 Å². The molecule has 3 aliphatic rings. The van der Waals surface area contributed by atoms with Gasteiger partial charge >= 0.3 is 6.09 Å². The molecule has 1 N–H and O–H groups in total. The number of halogens is 1. The van der Waals surface area contributed by atoms with E-state index < -0.39 is 5.60 Å². The molecule has 1 saturated carbocycles. The van der Waals surface area contributed by atoms with Crippen LogP contribution in [0.5, 0.6) is 5.75 Å². The third kappa shape index (κ3) is 8.30. The van der Waals surface area contributed by atoms with Gasteiger partial charge in [-0.2, -0.15) is 5.26 Å². The van der Waals surface area contributed by atoms with Gasteiger partial charge in [-0.3, -0.25) is 9.69 Å². The fourth-order valence-electron chi connectivity index (χ4n) is 6.11. The first kappa shape index (κ1) is 31.8. The van der Waals surface area contributed by atoms with E-state index in [2.05, 4.69) is 31.4 Å². The normalized spacial score (nSPS) is 21.8. The maximum atomic E-state index is 12.9. The molecule has 2 aliphatic heterocycles. The maximum Gasteiger partial charge on any atom is 0.410 e. The zero-order chi connectivity index (χ0) is 31.3. The lowest BCUT2D eigenvalue weighted by Crippen LogP contribution is -2.54. The van der Waals surface area contributed by atoms with Crippen molar-refractivity contribution >= 4 is 29.4 Å². The van der Waals surface area contributed by atoms with Crippen LogP contribution in [0.25, 0.3) is 0 Å². The summed E-state index contributed by atoms with van der Waals surface area (Å²) in [5.41, 5.74) is 0.264. The van der Waals surface area contributed by atoms with Crippen molar-refractivity contribution in [1.29, 1.82) is 5.26 Å². The lowest BCUT2D eigenvalue weighted by Gasteiger charge is -2.43. The summed E-state index contributed by atoms with van der Waals surface area (Å²) in [4.78, 5) is 31.8. The van der Waals surface area contributed by atoms with Crippen LogP contribution in [0.3, 0.4) is 0 Å². The van der Waals surface area contributed by atoms with Crippen molar-refractivity contribution < 1.29 is 19.1 Å². The SMILES string of the molecule is CC(C)(C)OC(=O)N1CCC(N2CCN(c3ccc(C(=O)N[C@H]4CC[C@H](Oc5ccc(C#N)c(Cl)c5)CC4)nn3)CC2)CC1. The Morgan fingerprint density at radius 1 is 0.955 bits per heavy atom. The van der Waals surface area contributed by atoms with Crippen molar-refractivity contribution in [1.82, 2.24) is 25.3 Å². The molecular formula is C32H42ClN7O4. The molecule has 0 spiro atoms. The molecule has 2 aromatic rings. The topological polar surface area (TPSA) is 124 Å². The van der Waals surface area contributed by atoms with Crippen LogP contribution in [0.2, 0.25) is 5.02 Å². The van der Waals surface area contributed by atoms with E-state index in [1.54, 1.807) is 24.3 Å². The number of hydrogen-bond donors (Lipinski definition) is 1. The van der Waals surface area contributed by atoms with Gasteiger partial charge in [-0.25, -0.2) is 4.79 Å². The standard InChI is InChI=1S/C32H42ClN7O4/c1-32(2,3)44-31(42)40-14-12-24(13-15-40)38-16-18-39(19-17-38)29-11-10-28(36-37-29)30(41)35-23-5-8-25(9-6-23)43-26-7-4-22(21-34)27(33)20-26/h4,7,10-11,20,23-25H,5-6,8-9,12-19H2,1-3H3,(H,35,41)/t23-,25-. The first-order chi connectivity index (χ1) is 21.1. The number of ether oxygens (including phenoxy) is 2. The Morgan fingerprint density at radius 2 is 1.66 bits per heavy atom. The second-order valence-corrected chi connectivity index (χ2v) is 13.2. The van der Waals surface area contributed by atoms with Gasteiger partial charge in [-0.05, 0) is 83.6 Å². The molecular weight excluding hydrogens is 582 g/mol. The highest BCUT2D eigenvalue weighted by molar-refractivity contribution is 6.31. The number of amides is 2. The van der Waals surface area contributed by atoms with Crippen molar-refractivity contribution in [3.8, 4) is 11.8 Å². The van der Waals surface area contributed by atoms with Gasteiger partial charge in [0.25, 0.3) is 5.91 Å². The van der Waals surface area contributed by atoms with Crippen LogP contribution >= 0.6 is 11.6 Å². The average Bonchev–Trinajstić information content (AvgIpc) is 3.01. The lowest BCUT2D eigenvalue weighted by atomic mass is 9.93. The van der Waals surface area contributed by atoms with Gasteiger partial charge < -0.3 is 24.6 Å². The highest BCUT2D eigenvalue weighted by Gasteiger charge is 2.31. The van der Waals surface area contributed by atoms with Gasteiger partial charge in [0.05, 0.1) is 16.7 Å². The fraction of sp³-hybridized carbons (Fsp3) is 0.594. The number of nitrogens with zero attached hydrogens (tertiary/aromatic N) is 6. The molecule has 2 saturated heterocycles. The molecule has 1 aromatic carbocycles. The molecule has 12 heteroatoms. The summed E-state index contributed by atoms with van der Waals surface area (Å²) < 4.78 is 11.6. The number of aromatic nitrogens is 2. The van der Waals surface area contributed by atoms with Gasteiger partial charge in [-0.1, -0.05) is 11.6 Å². The lowest BCUT2D eigenvalue weighted by molar-refractivity contribution is 0.0139. The zero-order valence-corrected chi connectivity index (χ0v) is 26.6. The highest BCUT2D eigenvalue weighted by Crippen LogP contribution is 2.28. The van der Waals surface area contributed by atoms with Crippen molar-refractivity contribution in [2.75, 3.05) is 44.2 Å². The number of carbonyl (C=O) groups is 2. The maximum absolute atomic E-state index is 12.9. The van der Waals surface area contributed by atoms with Crippen LogP contribution < -0.4 is 15.0 Å². The third-order valence-corrected chi connectivity index (χ3v) is 8.84. The van der Waals surface area contributed by atoms with E-state index in [-0.39, 0.29) is 24.1 Å². The van der Waals surface area contributed by atoms with Gasteiger partial charge in [0.2, 0.25) is 0 Å². The summed E-state index contributed by atoms with van der Waals surface area (Å²) in [7, 11) is 0. The Bertz CT molecular complexity index is 1340. The molecule has 44 heavy (non-hydrogen) atoms. The number of rotatable bonds is 6. The molecule has 0 atom stereocenters. The van der Waals surface area contributed by atoms with Crippen molar-refractivity contribution in [3.05, 3.63) is 46.6 Å². The molecule has 3 fully saturated rings. The molecule has 3 heterocycles. The Labute approximate surface area is 264 Å². The summed E-state index contributed by atoms with van der Waals surface area (Å²) in [5, 5.41) is 21.1. The second kappa shape index (κ2) is 14.0. The van der Waals surface area contributed by atoms with E-state index in [1.807, 2.05) is 31.7 Å². The minimum absolute atomic E-state index is 0.0386. The van der Waals surface area contributed by atoms with Crippen LogP contribution in [-0.4, -0.2) is 95.1 Å². The molecule has 0 bridgehead atoms. The summed E-state index contributed by atoms with van der Waals surface area (Å²) in [6, 6.07) is 11.3. The minimum Gasteiger partial charge on any atom is -0.490 e. The van der Waals surface area contributed by atoms with Crippen LogP contribution in [0.15, 0.2) is 30.3 Å². The van der Waals surface area contributed by atoms with E-state index >= 15 is 0 Å². The van der Waals surface area contributed by atoms with Crippen LogP contribution in [0.4, 0.5) is 10.6 Å². The monoisotopic (exact) mass is 623 g/mol. The van der Waals surface area contributed by atoms with Crippen molar-refractivity contribution in [3.63, 3.8) is 0 Å². The molecule has 5 rings (SSSR count). The molecule has 236 valence electrons. The van der Waals surface area contributed by atoms with Crippen molar-refractivity contribution in [2.24, 2.45) is 0 Å². The Kier molecular flexibility index (Phi) is 10.1. The van der Waals surface area contributed by atoms with Crippen LogP contribution in [-0.2, 0) is 4.74 Å². The minimum atomic E-state index is -0.476. The quantitative estimate of drug-likeness (QED) is 0.490. The summed E-state index contributed by atoms with van der Waals surface area (Å²) in [6.07, 6.45) is 4.93. The first-order valence-electron chi connectivity index (χ1n) is 15.6. The Hall–Kier alpha value is -3.62. The molecule has 1 aliphatic carbocycles. The van der Waals surface area contributed by atoms with Gasteiger partial charge in [0, 0.05) is 57.4 Å². The van der Waals surface area contributed by atoms with E-state index in [0.29, 0.717) is 28.1 Å². The number of benzene rings is 1. The van der Waals surface area contributed by atoms with Gasteiger partial charge in [0.1, 0.15) is 17.4 Å². The third-order valence-electron chi connectivity index (χ3n) is 8.53. The number of nitriles is 1. The van der Waals surface area contributed by atoms with E-state index in [1.165, 1.54) is 0 Å². The van der Waals surface area contributed by atoms with E-state index in [9.17, 15) is 9.59 Å². The van der Waals surface area contributed by atoms with Gasteiger partial charge in [-0.15, -0.1) is 10.2 Å². The number of nitrogens with one attached hydrogen (secondary N) is 1. The number of carbonyl (C=O) groups excluding carboxylic acids is 2. The van der Waals surface area contributed by atoms with Crippen molar-refractivity contribution in [2.45, 2.75) is 83.1 Å². The molecule has 11 nitrogen and oxygen atoms in total. The number of piperidine rings is 1. The molecule has 2 amide bonds. The molecule has 0 unspecified atom stereocenters. The van der Waals surface area contributed by atoms with E-state index in [4.69, 9.17) is 26.3 Å². The number of piperazine rings is 1. The number of anilines is 1. The Balaban J connectivity index is 1.02. The first-order valence-corrected chi connectivity index (χ1v) is 15.9. The summed E-state index contributed by atoms with van der Waals surface area (Å²) in [5.74, 6) is 1.22. The highest BCUT2D eigenvalue weighted by atomic mass is 35.5. The summed E-state index contributed by atoms with van der Waals surface area (Å²) in [6.45, 7) is 10.6. The van der Waals surface area contributed by atoms with E-state index in [0.717, 1.165) is 83.6 Å². The fourth-order valence-corrected chi connectivity index (χ4v) is 6.32. The second-order valence-electron chi connectivity index (χ2n) is 12.8. The van der Waals surface area contributed by atoms with Crippen LogP contribution in [0, 0.1) is 11.3 Å². The Morgan fingerprint density at radius 3 is 2.25 bits per heavy atom. The predicted molar refractivity (Wildman–Crippen MR) is 167 cm³/mol. The summed E-state index contributed by atoms with van der Waals surface area (Å²) >= 11 is 6.12. The predicted octanol–water partition coefficient (Wildman–Crippen LogP) is 4.64. The number of hydrogen-bond acceptors (Lipinski definition) is 9. The average molecular weight is 624 g/mol. The largest absolute Gasteiger partial charge is 0.490 e. The zero-order valence-electron chi connectivity index (χ0n) is 25.8. The van der Waals surface area contributed by atoms with Crippen LogP contribution in [0.1, 0.15) is 75.3 Å². The molecule has 1 aromatic heterocycles. The smallest absolute Gasteiger partial charge is 0.410 e. The number of likely N-dealkylation sites (tertiary alicyclic amines) is 1.